The van der Waals surface area contributed by atoms with Crippen LogP contribution in [0.3, 0.4) is 0 Å². The molecule has 0 saturated carbocycles. The summed E-state index contributed by atoms with van der Waals surface area (Å²) in [6.07, 6.45) is 1.81. The molecule has 0 atom stereocenters. The lowest BCUT2D eigenvalue weighted by molar-refractivity contribution is 0.526. The van der Waals surface area contributed by atoms with Gasteiger partial charge in [0, 0.05) is 16.9 Å². The number of hydrogen-bond donors (Lipinski definition) is 0. The van der Waals surface area contributed by atoms with Crippen LogP contribution in [-0.2, 0) is 10.8 Å². The van der Waals surface area contributed by atoms with Gasteiger partial charge in [0.2, 0.25) is 0 Å². The summed E-state index contributed by atoms with van der Waals surface area (Å²) in [7, 11) is 0. The van der Waals surface area contributed by atoms with Gasteiger partial charge < -0.3 is 0 Å². The lowest BCUT2D eigenvalue weighted by Crippen LogP contribution is -2.22. The third-order valence-corrected chi connectivity index (χ3v) is 2.90. The van der Waals surface area contributed by atoms with E-state index in [0.717, 1.165) is 11.3 Å². The summed E-state index contributed by atoms with van der Waals surface area (Å²) in [6, 6.07) is 4.14. The SMILES string of the molecule is CC(C)(C)c1cc(C(C)(C)C)n2nccc2n1. The molecule has 0 aliphatic rings. The molecule has 3 nitrogen and oxygen atoms in total. The Morgan fingerprint density at radius 3 is 2.18 bits per heavy atom. The van der Waals surface area contributed by atoms with Crippen molar-refractivity contribution in [2.45, 2.75) is 52.4 Å². The Kier molecular flexibility index (Phi) is 2.53. The summed E-state index contributed by atoms with van der Waals surface area (Å²) in [6.45, 7) is 13.2. The molecule has 0 bridgehead atoms. The highest BCUT2D eigenvalue weighted by Gasteiger charge is 2.23. The third kappa shape index (κ3) is 2.19. The van der Waals surface area contributed by atoms with Gasteiger partial charge >= 0.3 is 0 Å². The van der Waals surface area contributed by atoms with Crippen molar-refractivity contribution < 1.29 is 0 Å². The van der Waals surface area contributed by atoms with Crippen LogP contribution in [-0.4, -0.2) is 14.6 Å². The first kappa shape index (κ1) is 12.1. The quantitative estimate of drug-likeness (QED) is 0.696. The van der Waals surface area contributed by atoms with Gasteiger partial charge in [0.25, 0.3) is 0 Å². The van der Waals surface area contributed by atoms with E-state index in [2.05, 4.69) is 57.7 Å². The van der Waals surface area contributed by atoms with Crippen molar-refractivity contribution >= 4 is 5.65 Å². The molecule has 2 aromatic rings. The van der Waals surface area contributed by atoms with Gasteiger partial charge in [-0.15, -0.1) is 0 Å². The molecule has 17 heavy (non-hydrogen) atoms. The van der Waals surface area contributed by atoms with Gasteiger partial charge in [-0.05, 0) is 6.07 Å². The smallest absolute Gasteiger partial charge is 0.155 e. The standard InChI is InChI=1S/C14H21N3/c1-13(2,3)10-9-11(14(4,5)6)17-12(16-10)7-8-15-17/h7-9H,1-6H3. The van der Waals surface area contributed by atoms with Gasteiger partial charge in [0.1, 0.15) is 0 Å². The van der Waals surface area contributed by atoms with Crippen LogP contribution in [0.5, 0.6) is 0 Å². The second-order valence-corrected chi connectivity index (χ2v) is 6.63. The van der Waals surface area contributed by atoms with Crippen LogP contribution in [0.15, 0.2) is 18.3 Å². The summed E-state index contributed by atoms with van der Waals surface area (Å²) in [5.74, 6) is 0. The fourth-order valence-corrected chi connectivity index (χ4v) is 1.83. The van der Waals surface area contributed by atoms with E-state index >= 15 is 0 Å². The lowest BCUT2D eigenvalue weighted by Gasteiger charge is -2.24. The molecule has 0 fully saturated rings. The maximum Gasteiger partial charge on any atom is 0.155 e. The van der Waals surface area contributed by atoms with Crippen LogP contribution >= 0.6 is 0 Å². The maximum atomic E-state index is 4.68. The zero-order chi connectivity index (χ0) is 12.8. The molecule has 0 aromatic carbocycles. The highest BCUT2D eigenvalue weighted by Crippen LogP contribution is 2.27. The topological polar surface area (TPSA) is 30.2 Å². The summed E-state index contributed by atoms with van der Waals surface area (Å²) in [5, 5.41) is 4.36. The third-order valence-electron chi connectivity index (χ3n) is 2.90. The van der Waals surface area contributed by atoms with Crippen molar-refractivity contribution in [3.63, 3.8) is 0 Å². The molecular formula is C14H21N3. The summed E-state index contributed by atoms with van der Waals surface area (Å²) >= 11 is 0. The molecular weight excluding hydrogens is 210 g/mol. The molecule has 2 heterocycles. The van der Waals surface area contributed by atoms with Crippen LogP contribution < -0.4 is 0 Å². The van der Waals surface area contributed by atoms with Crippen molar-refractivity contribution in [2.75, 3.05) is 0 Å². The normalized spacial score (nSPS) is 13.3. The van der Waals surface area contributed by atoms with E-state index in [1.165, 1.54) is 5.69 Å². The molecule has 0 amide bonds. The molecule has 3 heteroatoms. The van der Waals surface area contributed by atoms with E-state index in [1.807, 2.05) is 16.8 Å². The molecule has 2 aromatic heterocycles. The van der Waals surface area contributed by atoms with Crippen molar-refractivity contribution in [3.8, 4) is 0 Å². The molecule has 0 radical (unpaired) electrons. The number of fused-ring (bicyclic) bond motifs is 1. The Morgan fingerprint density at radius 1 is 1.00 bits per heavy atom. The molecule has 0 aliphatic carbocycles. The van der Waals surface area contributed by atoms with Gasteiger partial charge in [0.15, 0.2) is 5.65 Å². The first-order chi connectivity index (χ1) is 7.69. The molecule has 0 aliphatic heterocycles. The van der Waals surface area contributed by atoms with Gasteiger partial charge in [-0.3, -0.25) is 0 Å². The second kappa shape index (κ2) is 3.56. The first-order valence-corrected chi connectivity index (χ1v) is 6.05. The number of nitrogens with zero attached hydrogens (tertiary/aromatic N) is 3. The summed E-state index contributed by atoms with van der Waals surface area (Å²) < 4.78 is 1.94. The second-order valence-electron chi connectivity index (χ2n) is 6.63. The first-order valence-electron chi connectivity index (χ1n) is 6.05. The van der Waals surface area contributed by atoms with Crippen LogP contribution in [0.1, 0.15) is 52.9 Å². The van der Waals surface area contributed by atoms with E-state index in [0.29, 0.717) is 0 Å². The number of hydrogen-bond acceptors (Lipinski definition) is 2. The van der Waals surface area contributed by atoms with Crippen LogP contribution in [0, 0.1) is 0 Å². The highest BCUT2D eigenvalue weighted by atomic mass is 15.3. The monoisotopic (exact) mass is 231 g/mol. The minimum Gasteiger partial charge on any atom is -0.233 e. The van der Waals surface area contributed by atoms with Gasteiger partial charge in [0.05, 0.1) is 17.6 Å². The largest absolute Gasteiger partial charge is 0.233 e. The molecule has 92 valence electrons. The molecule has 0 saturated heterocycles. The summed E-state index contributed by atoms with van der Waals surface area (Å²) in [5.41, 5.74) is 3.38. The Labute approximate surface area is 103 Å². The molecule has 0 spiro atoms. The molecule has 0 unspecified atom stereocenters. The van der Waals surface area contributed by atoms with Crippen LogP contribution in [0.4, 0.5) is 0 Å². The van der Waals surface area contributed by atoms with Crippen molar-refractivity contribution in [3.05, 3.63) is 29.7 Å². The van der Waals surface area contributed by atoms with E-state index in [1.54, 1.807) is 0 Å². The zero-order valence-corrected chi connectivity index (χ0v) is 11.6. The van der Waals surface area contributed by atoms with Crippen LogP contribution in [0.25, 0.3) is 5.65 Å². The Morgan fingerprint density at radius 2 is 1.65 bits per heavy atom. The van der Waals surface area contributed by atoms with Crippen molar-refractivity contribution in [1.82, 2.24) is 14.6 Å². The zero-order valence-electron chi connectivity index (χ0n) is 11.6. The maximum absolute atomic E-state index is 4.68. The fraction of sp³-hybridized carbons (Fsp3) is 0.571. The predicted molar refractivity (Wildman–Crippen MR) is 70.4 cm³/mol. The minimum atomic E-state index is 0.0615. The van der Waals surface area contributed by atoms with E-state index in [9.17, 15) is 0 Å². The summed E-state index contributed by atoms with van der Waals surface area (Å²) in [4.78, 5) is 4.68. The van der Waals surface area contributed by atoms with E-state index in [-0.39, 0.29) is 10.8 Å². The number of rotatable bonds is 0. The van der Waals surface area contributed by atoms with Crippen LogP contribution in [0.2, 0.25) is 0 Å². The minimum absolute atomic E-state index is 0.0615. The molecule has 2 rings (SSSR count). The van der Waals surface area contributed by atoms with Gasteiger partial charge in [-0.1, -0.05) is 41.5 Å². The average molecular weight is 231 g/mol. The Bertz CT molecular complexity index is 539. The fourth-order valence-electron chi connectivity index (χ4n) is 1.83. The van der Waals surface area contributed by atoms with Gasteiger partial charge in [-0.25, -0.2) is 9.50 Å². The predicted octanol–water partition coefficient (Wildman–Crippen LogP) is 3.32. The lowest BCUT2D eigenvalue weighted by atomic mass is 9.86. The Balaban J connectivity index is 2.76. The van der Waals surface area contributed by atoms with Crippen molar-refractivity contribution in [2.24, 2.45) is 0 Å². The van der Waals surface area contributed by atoms with E-state index in [4.69, 9.17) is 0 Å². The Hall–Kier alpha value is -1.38. The average Bonchev–Trinajstić information content (AvgIpc) is 2.59. The number of aromatic nitrogens is 3. The van der Waals surface area contributed by atoms with E-state index < -0.39 is 0 Å². The molecule has 0 N–H and O–H groups in total. The highest BCUT2D eigenvalue weighted by molar-refractivity contribution is 5.41. The van der Waals surface area contributed by atoms with Gasteiger partial charge in [-0.2, -0.15) is 5.10 Å². The van der Waals surface area contributed by atoms with Crippen molar-refractivity contribution in [1.29, 1.82) is 0 Å².